The minimum Gasteiger partial charge on any atom is -0.378 e. The highest BCUT2D eigenvalue weighted by Crippen LogP contribution is 2.22. The number of aromatic nitrogens is 2. The van der Waals surface area contributed by atoms with Gasteiger partial charge in [0.1, 0.15) is 5.82 Å². The molecule has 0 radical (unpaired) electrons. The smallest absolute Gasteiger partial charge is 0.201 e. The van der Waals surface area contributed by atoms with Crippen LogP contribution < -0.4 is 5.73 Å². The Morgan fingerprint density at radius 2 is 2.39 bits per heavy atom. The first-order valence-electron chi connectivity index (χ1n) is 6.27. The molecule has 2 N–H and O–H groups in total. The van der Waals surface area contributed by atoms with E-state index in [0.717, 1.165) is 43.4 Å². The summed E-state index contributed by atoms with van der Waals surface area (Å²) in [6.07, 6.45) is 3.42. The molecule has 0 bridgehead atoms. The second-order valence-corrected chi connectivity index (χ2v) is 4.68. The van der Waals surface area contributed by atoms with Crippen LogP contribution in [0.3, 0.4) is 0 Å². The summed E-state index contributed by atoms with van der Waals surface area (Å²) in [4.78, 5) is 4.23. The maximum Gasteiger partial charge on any atom is 0.201 e. The molecule has 1 aromatic carbocycles. The normalized spacial score (nSPS) is 19.7. The SMILES string of the molecule is Nc1nc2ccc(F)cc2n1CCC1CCCO1. The number of anilines is 1. The van der Waals surface area contributed by atoms with Crippen LogP contribution in [0.2, 0.25) is 0 Å². The van der Waals surface area contributed by atoms with E-state index < -0.39 is 0 Å². The molecule has 4 nitrogen and oxygen atoms in total. The molecule has 2 heterocycles. The predicted octanol–water partition coefficient (Wildman–Crippen LogP) is 2.33. The van der Waals surface area contributed by atoms with Gasteiger partial charge < -0.3 is 15.0 Å². The van der Waals surface area contributed by atoms with E-state index in [1.165, 1.54) is 12.1 Å². The Labute approximate surface area is 105 Å². The van der Waals surface area contributed by atoms with Crippen molar-refractivity contribution in [1.82, 2.24) is 9.55 Å². The van der Waals surface area contributed by atoms with Crippen molar-refractivity contribution < 1.29 is 9.13 Å². The molecule has 96 valence electrons. The molecule has 18 heavy (non-hydrogen) atoms. The maximum atomic E-state index is 13.3. The highest BCUT2D eigenvalue weighted by molar-refractivity contribution is 5.78. The molecule has 1 unspecified atom stereocenters. The number of benzene rings is 1. The third-order valence-corrected chi connectivity index (χ3v) is 3.44. The minimum absolute atomic E-state index is 0.263. The van der Waals surface area contributed by atoms with Crippen LogP contribution in [0.25, 0.3) is 11.0 Å². The van der Waals surface area contributed by atoms with Gasteiger partial charge in [0.05, 0.1) is 17.1 Å². The second kappa shape index (κ2) is 4.57. The zero-order valence-corrected chi connectivity index (χ0v) is 10.1. The van der Waals surface area contributed by atoms with Crippen molar-refractivity contribution in [2.24, 2.45) is 0 Å². The summed E-state index contributed by atoms with van der Waals surface area (Å²) < 4.78 is 20.7. The van der Waals surface area contributed by atoms with Gasteiger partial charge in [-0.25, -0.2) is 9.37 Å². The topological polar surface area (TPSA) is 53.1 Å². The molecule has 1 atom stereocenters. The first kappa shape index (κ1) is 11.5. The van der Waals surface area contributed by atoms with Gasteiger partial charge >= 0.3 is 0 Å². The first-order chi connectivity index (χ1) is 8.74. The highest BCUT2D eigenvalue weighted by Gasteiger charge is 2.16. The van der Waals surface area contributed by atoms with Gasteiger partial charge in [-0.3, -0.25) is 0 Å². The standard InChI is InChI=1S/C13H16FN3O/c14-9-3-4-11-12(8-9)17(13(15)16-11)6-5-10-2-1-7-18-10/h3-4,8,10H,1-2,5-7H2,(H2,15,16). The quantitative estimate of drug-likeness (QED) is 0.908. The largest absolute Gasteiger partial charge is 0.378 e. The number of imidazole rings is 1. The average molecular weight is 249 g/mol. The van der Waals surface area contributed by atoms with Crippen molar-refractivity contribution in [2.45, 2.75) is 31.9 Å². The summed E-state index contributed by atoms with van der Waals surface area (Å²) in [6, 6.07) is 4.54. The summed E-state index contributed by atoms with van der Waals surface area (Å²) in [6.45, 7) is 1.57. The molecule has 0 saturated carbocycles. The lowest BCUT2D eigenvalue weighted by Gasteiger charge is -2.11. The van der Waals surface area contributed by atoms with Crippen LogP contribution in [0.4, 0.5) is 10.3 Å². The maximum absolute atomic E-state index is 13.3. The summed E-state index contributed by atoms with van der Waals surface area (Å²) in [7, 11) is 0. The van der Waals surface area contributed by atoms with Crippen molar-refractivity contribution in [3.05, 3.63) is 24.0 Å². The van der Waals surface area contributed by atoms with E-state index in [1.54, 1.807) is 6.07 Å². The third kappa shape index (κ3) is 2.06. The van der Waals surface area contributed by atoms with Crippen LogP contribution in [0.15, 0.2) is 18.2 Å². The number of rotatable bonds is 3. The molecule has 1 aliphatic heterocycles. The van der Waals surface area contributed by atoms with Crippen molar-refractivity contribution in [3.8, 4) is 0 Å². The van der Waals surface area contributed by atoms with Crippen LogP contribution in [-0.4, -0.2) is 22.3 Å². The Morgan fingerprint density at radius 3 is 3.17 bits per heavy atom. The number of nitrogens with two attached hydrogens (primary N) is 1. The van der Waals surface area contributed by atoms with Gasteiger partial charge in [-0.15, -0.1) is 0 Å². The molecular weight excluding hydrogens is 233 g/mol. The van der Waals surface area contributed by atoms with E-state index in [-0.39, 0.29) is 5.82 Å². The van der Waals surface area contributed by atoms with Crippen molar-refractivity contribution in [2.75, 3.05) is 12.3 Å². The molecule has 0 amide bonds. The second-order valence-electron chi connectivity index (χ2n) is 4.68. The predicted molar refractivity (Wildman–Crippen MR) is 67.7 cm³/mol. The van der Waals surface area contributed by atoms with Crippen molar-refractivity contribution >= 4 is 17.0 Å². The van der Waals surface area contributed by atoms with Gasteiger partial charge in [-0.1, -0.05) is 0 Å². The van der Waals surface area contributed by atoms with Crippen LogP contribution in [0.1, 0.15) is 19.3 Å². The number of nitrogen functional groups attached to an aromatic ring is 1. The monoisotopic (exact) mass is 249 g/mol. The Balaban J connectivity index is 1.85. The van der Waals surface area contributed by atoms with Crippen LogP contribution >= 0.6 is 0 Å². The van der Waals surface area contributed by atoms with E-state index >= 15 is 0 Å². The lowest BCUT2D eigenvalue weighted by atomic mass is 10.2. The molecule has 1 saturated heterocycles. The van der Waals surface area contributed by atoms with E-state index in [9.17, 15) is 4.39 Å². The van der Waals surface area contributed by atoms with E-state index in [0.29, 0.717) is 12.1 Å². The van der Waals surface area contributed by atoms with Crippen LogP contribution in [0, 0.1) is 5.82 Å². The summed E-state index contributed by atoms with van der Waals surface area (Å²) in [5, 5.41) is 0. The molecule has 5 heteroatoms. The summed E-state index contributed by atoms with van der Waals surface area (Å²) in [5.41, 5.74) is 7.37. The Bertz CT molecular complexity index is 561. The number of fused-ring (bicyclic) bond motifs is 1. The van der Waals surface area contributed by atoms with E-state index in [1.807, 2.05) is 4.57 Å². The van der Waals surface area contributed by atoms with Gasteiger partial charge in [0, 0.05) is 13.2 Å². The molecule has 1 aromatic heterocycles. The summed E-state index contributed by atoms with van der Waals surface area (Å²) in [5.74, 6) is 0.175. The Morgan fingerprint density at radius 1 is 1.50 bits per heavy atom. The average Bonchev–Trinajstić information content (AvgIpc) is 2.94. The molecule has 0 spiro atoms. The third-order valence-electron chi connectivity index (χ3n) is 3.44. The zero-order chi connectivity index (χ0) is 12.5. The fourth-order valence-corrected chi connectivity index (χ4v) is 2.49. The van der Waals surface area contributed by atoms with E-state index in [2.05, 4.69) is 4.98 Å². The van der Waals surface area contributed by atoms with Crippen LogP contribution in [-0.2, 0) is 11.3 Å². The molecule has 0 aliphatic carbocycles. The molecule has 3 rings (SSSR count). The number of ether oxygens (including phenoxy) is 1. The molecular formula is C13H16FN3O. The minimum atomic E-state index is -0.263. The number of halogens is 1. The highest BCUT2D eigenvalue weighted by atomic mass is 19.1. The summed E-state index contributed by atoms with van der Waals surface area (Å²) >= 11 is 0. The fraction of sp³-hybridized carbons (Fsp3) is 0.462. The molecule has 1 fully saturated rings. The van der Waals surface area contributed by atoms with Gasteiger partial charge in [0.15, 0.2) is 0 Å². The molecule has 1 aliphatic rings. The Hall–Kier alpha value is -1.62. The lowest BCUT2D eigenvalue weighted by molar-refractivity contribution is 0.101. The van der Waals surface area contributed by atoms with E-state index in [4.69, 9.17) is 10.5 Å². The molecule has 2 aromatic rings. The number of hydrogen-bond donors (Lipinski definition) is 1. The number of hydrogen-bond acceptors (Lipinski definition) is 3. The lowest BCUT2D eigenvalue weighted by Crippen LogP contribution is -2.11. The number of aryl methyl sites for hydroxylation is 1. The van der Waals surface area contributed by atoms with Gasteiger partial charge in [-0.2, -0.15) is 0 Å². The van der Waals surface area contributed by atoms with Crippen LogP contribution in [0.5, 0.6) is 0 Å². The zero-order valence-electron chi connectivity index (χ0n) is 10.1. The van der Waals surface area contributed by atoms with Gasteiger partial charge in [0.25, 0.3) is 0 Å². The van der Waals surface area contributed by atoms with Crippen molar-refractivity contribution in [3.63, 3.8) is 0 Å². The Kier molecular flexibility index (Phi) is 2.91. The van der Waals surface area contributed by atoms with Crippen molar-refractivity contribution in [1.29, 1.82) is 0 Å². The fourth-order valence-electron chi connectivity index (χ4n) is 2.49. The van der Waals surface area contributed by atoms with Gasteiger partial charge in [0.2, 0.25) is 5.95 Å². The number of nitrogens with zero attached hydrogens (tertiary/aromatic N) is 2. The first-order valence-corrected chi connectivity index (χ1v) is 6.27. The van der Waals surface area contributed by atoms with Gasteiger partial charge in [-0.05, 0) is 37.5 Å².